The van der Waals surface area contributed by atoms with E-state index in [9.17, 15) is 14.7 Å². The molecule has 0 aromatic heterocycles. The number of hydrogen-bond donors (Lipinski definition) is 1. The molecule has 0 spiro atoms. The summed E-state index contributed by atoms with van der Waals surface area (Å²) in [4.78, 5) is 26.4. The van der Waals surface area contributed by atoms with Gasteiger partial charge in [-0.05, 0) is 66.3 Å². The van der Waals surface area contributed by atoms with Crippen LogP contribution in [-0.4, -0.2) is 34.0 Å². The molecular weight excluding hydrogens is 509 g/mol. The fourth-order valence-electron chi connectivity index (χ4n) is 4.80. The van der Waals surface area contributed by atoms with Crippen LogP contribution in [-0.2, 0) is 30.6 Å². The summed E-state index contributed by atoms with van der Waals surface area (Å²) < 4.78 is 6.27. The molecular formula is C30H31Cl2NO4. The van der Waals surface area contributed by atoms with E-state index in [1.54, 1.807) is 18.2 Å². The summed E-state index contributed by atoms with van der Waals surface area (Å²) >= 11 is 12.6. The number of aliphatic carboxylic acids is 1. The standard InChI is InChI=1S/C30H31Cl2NO4/c1-3-4-6-20-9-11-21(12-10-20)18-33(19-27(34)35)29(36)22-13-14-26-24(15-22)17-30(2,37-26)16-23-7-5-8-25(31)28(23)32/h5,7-15H,3-4,6,16-19H2,1-2H3,(H,34,35)/t30-/m0/s1. The lowest BCUT2D eigenvalue weighted by molar-refractivity contribution is -0.137. The van der Waals surface area contributed by atoms with Crippen molar-refractivity contribution in [1.82, 2.24) is 4.90 Å². The zero-order chi connectivity index (χ0) is 26.6. The Morgan fingerprint density at radius 3 is 2.49 bits per heavy atom. The second kappa shape index (κ2) is 11.6. The molecule has 5 nitrogen and oxygen atoms in total. The highest BCUT2D eigenvalue weighted by molar-refractivity contribution is 6.42. The molecule has 1 aliphatic heterocycles. The Bertz CT molecular complexity index is 1290. The third-order valence-corrected chi connectivity index (χ3v) is 7.51. The first kappa shape index (κ1) is 27.0. The van der Waals surface area contributed by atoms with Crippen molar-refractivity contribution in [1.29, 1.82) is 0 Å². The molecule has 1 atom stereocenters. The van der Waals surface area contributed by atoms with Gasteiger partial charge in [0, 0.05) is 24.9 Å². The smallest absolute Gasteiger partial charge is 0.323 e. The lowest BCUT2D eigenvalue weighted by Gasteiger charge is -2.24. The van der Waals surface area contributed by atoms with Gasteiger partial charge in [-0.2, -0.15) is 0 Å². The number of benzene rings is 3. The number of aryl methyl sites for hydroxylation is 1. The van der Waals surface area contributed by atoms with Crippen LogP contribution in [0.25, 0.3) is 0 Å². The van der Waals surface area contributed by atoms with E-state index >= 15 is 0 Å². The molecule has 0 bridgehead atoms. The summed E-state index contributed by atoms with van der Waals surface area (Å²) in [5.41, 5.74) is 3.83. The first-order chi connectivity index (χ1) is 17.7. The average molecular weight is 540 g/mol. The number of halogens is 2. The fraction of sp³-hybridized carbons (Fsp3) is 0.333. The van der Waals surface area contributed by atoms with Crippen LogP contribution in [0.5, 0.6) is 5.75 Å². The first-order valence-electron chi connectivity index (χ1n) is 12.5. The molecule has 194 valence electrons. The van der Waals surface area contributed by atoms with E-state index in [2.05, 4.69) is 6.92 Å². The molecule has 0 aliphatic carbocycles. The molecule has 37 heavy (non-hydrogen) atoms. The summed E-state index contributed by atoms with van der Waals surface area (Å²) in [7, 11) is 0. The first-order valence-corrected chi connectivity index (χ1v) is 13.3. The third kappa shape index (κ3) is 6.65. The molecule has 0 unspecified atom stereocenters. The van der Waals surface area contributed by atoms with Gasteiger partial charge in [-0.15, -0.1) is 0 Å². The summed E-state index contributed by atoms with van der Waals surface area (Å²) in [6.07, 6.45) is 4.40. The van der Waals surface area contributed by atoms with E-state index in [1.165, 1.54) is 10.5 Å². The maximum atomic E-state index is 13.4. The normalized spacial score (nSPS) is 16.2. The molecule has 1 amide bonds. The van der Waals surface area contributed by atoms with Gasteiger partial charge in [0.1, 0.15) is 17.9 Å². The van der Waals surface area contributed by atoms with Gasteiger partial charge in [-0.1, -0.05) is 72.9 Å². The van der Waals surface area contributed by atoms with Crippen LogP contribution in [0, 0.1) is 0 Å². The number of nitrogens with zero attached hydrogens (tertiary/aromatic N) is 1. The molecule has 4 rings (SSSR count). The highest BCUT2D eigenvalue weighted by atomic mass is 35.5. The number of unbranched alkanes of at least 4 members (excludes halogenated alkanes) is 1. The number of rotatable bonds is 10. The summed E-state index contributed by atoms with van der Waals surface area (Å²) in [5.74, 6) is -0.667. The Labute approximate surface area is 228 Å². The zero-order valence-electron chi connectivity index (χ0n) is 21.1. The molecule has 1 aliphatic rings. The number of carboxylic acid groups (broad SMARTS) is 1. The molecule has 3 aromatic rings. The van der Waals surface area contributed by atoms with Crippen LogP contribution < -0.4 is 4.74 Å². The van der Waals surface area contributed by atoms with E-state index < -0.39 is 11.6 Å². The highest BCUT2D eigenvalue weighted by Crippen LogP contribution is 2.39. The van der Waals surface area contributed by atoms with Gasteiger partial charge in [0.25, 0.3) is 5.91 Å². The molecule has 7 heteroatoms. The Morgan fingerprint density at radius 1 is 1.05 bits per heavy atom. The Kier molecular flexibility index (Phi) is 8.46. The van der Waals surface area contributed by atoms with Crippen molar-refractivity contribution in [2.75, 3.05) is 6.54 Å². The Hall–Kier alpha value is -3.02. The number of ether oxygens (including phenoxy) is 1. The van der Waals surface area contributed by atoms with Crippen molar-refractivity contribution >= 4 is 35.1 Å². The molecule has 0 fully saturated rings. The largest absolute Gasteiger partial charge is 0.487 e. The Balaban J connectivity index is 1.50. The summed E-state index contributed by atoms with van der Waals surface area (Å²) in [6, 6.07) is 18.9. The van der Waals surface area contributed by atoms with Gasteiger partial charge in [0.15, 0.2) is 0 Å². The van der Waals surface area contributed by atoms with Gasteiger partial charge in [0.05, 0.1) is 10.0 Å². The van der Waals surface area contributed by atoms with E-state index in [0.29, 0.717) is 34.2 Å². The van der Waals surface area contributed by atoms with Crippen molar-refractivity contribution < 1.29 is 19.4 Å². The minimum atomic E-state index is -1.05. The minimum absolute atomic E-state index is 0.220. The van der Waals surface area contributed by atoms with Crippen LogP contribution >= 0.6 is 23.2 Å². The molecule has 0 saturated carbocycles. The number of hydrogen-bond acceptors (Lipinski definition) is 3. The Morgan fingerprint density at radius 2 is 1.78 bits per heavy atom. The van der Waals surface area contributed by atoms with Crippen LogP contribution in [0.15, 0.2) is 60.7 Å². The van der Waals surface area contributed by atoms with E-state index in [4.69, 9.17) is 27.9 Å². The third-order valence-electron chi connectivity index (χ3n) is 6.65. The second-order valence-corrected chi connectivity index (χ2v) is 10.7. The fourth-order valence-corrected chi connectivity index (χ4v) is 5.19. The van der Waals surface area contributed by atoms with Gasteiger partial charge in [0.2, 0.25) is 0 Å². The quantitative estimate of drug-likeness (QED) is 0.301. The monoisotopic (exact) mass is 539 g/mol. The van der Waals surface area contributed by atoms with Crippen molar-refractivity contribution in [3.8, 4) is 5.75 Å². The minimum Gasteiger partial charge on any atom is -0.487 e. The van der Waals surface area contributed by atoms with E-state index in [-0.39, 0.29) is 19.0 Å². The molecule has 0 radical (unpaired) electrons. The lowest BCUT2D eigenvalue weighted by Crippen LogP contribution is -2.35. The predicted molar refractivity (Wildman–Crippen MR) is 147 cm³/mol. The van der Waals surface area contributed by atoms with Crippen molar-refractivity contribution in [2.24, 2.45) is 0 Å². The van der Waals surface area contributed by atoms with E-state index in [1.807, 2.05) is 49.4 Å². The van der Waals surface area contributed by atoms with Gasteiger partial charge < -0.3 is 14.7 Å². The maximum Gasteiger partial charge on any atom is 0.323 e. The average Bonchev–Trinajstić information content (AvgIpc) is 3.20. The molecule has 3 aromatic carbocycles. The van der Waals surface area contributed by atoms with Gasteiger partial charge >= 0.3 is 5.97 Å². The number of carboxylic acids is 1. The summed E-state index contributed by atoms with van der Waals surface area (Å²) in [6.45, 7) is 4.00. The topological polar surface area (TPSA) is 66.8 Å². The molecule has 1 heterocycles. The van der Waals surface area contributed by atoms with Crippen LogP contribution in [0.2, 0.25) is 10.0 Å². The summed E-state index contributed by atoms with van der Waals surface area (Å²) in [5, 5.41) is 10.5. The van der Waals surface area contributed by atoms with E-state index in [0.717, 1.165) is 36.0 Å². The van der Waals surface area contributed by atoms with Crippen molar-refractivity contribution in [3.63, 3.8) is 0 Å². The van der Waals surface area contributed by atoms with Gasteiger partial charge in [-0.25, -0.2) is 0 Å². The van der Waals surface area contributed by atoms with Crippen molar-refractivity contribution in [2.45, 2.75) is 58.1 Å². The van der Waals surface area contributed by atoms with Crippen molar-refractivity contribution in [3.05, 3.63) is 98.5 Å². The molecule has 1 N–H and O–H groups in total. The molecule has 0 saturated heterocycles. The number of amides is 1. The zero-order valence-corrected chi connectivity index (χ0v) is 22.6. The highest BCUT2D eigenvalue weighted by Gasteiger charge is 2.36. The van der Waals surface area contributed by atoms with Crippen LogP contribution in [0.4, 0.5) is 0 Å². The lowest BCUT2D eigenvalue weighted by atomic mass is 9.91. The number of carbonyl (C=O) groups is 2. The number of fused-ring (bicyclic) bond motifs is 1. The second-order valence-electron chi connectivity index (χ2n) is 9.92. The number of carbonyl (C=O) groups excluding carboxylic acids is 1. The SMILES string of the molecule is CCCCc1ccc(CN(CC(=O)O)C(=O)c2ccc3c(c2)C[C@](C)(Cc2cccc(Cl)c2Cl)O3)cc1. The van der Waals surface area contributed by atoms with Gasteiger partial charge in [-0.3, -0.25) is 9.59 Å². The predicted octanol–water partition coefficient (Wildman–Crippen LogP) is 7.00. The van der Waals surface area contributed by atoms with Crippen LogP contribution in [0.1, 0.15) is 59.3 Å². The maximum absolute atomic E-state index is 13.4. The van der Waals surface area contributed by atoms with Crippen LogP contribution in [0.3, 0.4) is 0 Å².